The number of nitrogens with zero attached hydrogens (tertiary/aromatic N) is 1. The van der Waals surface area contributed by atoms with Crippen LogP contribution in [0.4, 0.5) is 0 Å². The van der Waals surface area contributed by atoms with Crippen LogP contribution >= 0.6 is 11.3 Å². The number of hydrogen-bond donors (Lipinski definition) is 2. The van der Waals surface area contributed by atoms with Gasteiger partial charge in [-0.25, -0.2) is 0 Å². The van der Waals surface area contributed by atoms with Gasteiger partial charge >= 0.3 is 0 Å². The van der Waals surface area contributed by atoms with E-state index >= 15 is 0 Å². The molecule has 2 aromatic heterocycles. The number of nitrogens with one attached hydrogen (secondary N) is 1. The first-order valence-electron chi connectivity index (χ1n) is 5.52. The summed E-state index contributed by atoms with van der Waals surface area (Å²) < 4.78 is 1.15. The Morgan fingerprint density at radius 1 is 1.17 bits per heavy atom. The largest absolute Gasteiger partial charge is 0.383 e. The Morgan fingerprint density at radius 2 is 2.06 bits per heavy atom. The van der Waals surface area contributed by atoms with Crippen molar-refractivity contribution in [1.29, 1.82) is 5.41 Å². The quantitative estimate of drug-likeness (QED) is 0.544. The van der Waals surface area contributed by atoms with E-state index in [1.54, 1.807) is 17.5 Å². The van der Waals surface area contributed by atoms with Crippen LogP contribution in [0.1, 0.15) is 4.88 Å². The third-order valence-electron chi connectivity index (χ3n) is 2.78. The minimum absolute atomic E-state index is 0.124. The highest BCUT2D eigenvalue weighted by molar-refractivity contribution is 7.20. The molecule has 0 fully saturated rings. The summed E-state index contributed by atoms with van der Waals surface area (Å²) >= 11 is 1.54. The van der Waals surface area contributed by atoms with Gasteiger partial charge in [-0.05, 0) is 35.2 Å². The van der Waals surface area contributed by atoms with Gasteiger partial charge < -0.3 is 5.73 Å². The normalized spacial score (nSPS) is 10.7. The Labute approximate surface area is 108 Å². The smallest absolute Gasteiger partial charge is 0.133 e. The first-order valence-corrected chi connectivity index (χ1v) is 6.34. The molecule has 3 rings (SSSR count). The Kier molecular flexibility index (Phi) is 2.57. The van der Waals surface area contributed by atoms with Gasteiger partial charge in [0.05, 0.1) is 4.88 Å². The molecule has 88 valence electrons. The second-order valence-electron chi connectivity index (χ2n) is 4.02. The number of thiophene rings is 1. The molecule has 18 heavy (non-hydrogen) atoms. The number of nitrogen functional groups attached to an aromatic ring is 1. The van der Waals surface area contributed by atoms with Crippen LogP contribution in [-0.4, -0.2) is 10.8 Å². The molecule has 0 aliphatic rings. The molecule has 0 amide bonds. The SMILES string of the molecule is N=C(N)c1cc2cc(-c3cccnc3)ccc2s1. The van der Waals surface area contributed by atoms with Crippen LogP contribution in [0.15, 0.2) is 48.8 Å². The maximum absolute atomic E-state index is 7.46. The molecule has 0 saturated carbocycles. The molecule has 0 aliphatic heterocycles. The lowest BCUT2D eigenvalue weighted by Crippen LogP contribution is -2.08. The third-order valence-corrected chi connectivity index (χ3v) is 3.93. The number of aromatic nitrogens is 1. The van der Waals surface area contributed by atoms with Crippen molar-refractivity contribution in [2.24, 2.45) is 5.73 Å². The molecule has 3 aromatic rings. The van der Waals surface area contributed by atoms with Gasteiger partial charge in [-0.2, -0.15) is 0 Å². The summed E-state index contributed by atoms with van der Waals surface area (Å²) in [7, 11) is 0. The first kappa shape index (κ1) is 10.9. The maximum atomic E-state index is 7.46. The summed E-state index contributed by atoms with van der Waals surface area (Å²) in [5.74, 6) is 0.124. The van der Waals surface area contributed by atoms with Crippen molar-refractivity contribution in [3.63, 3.8) is 0 Å². The summed E-state index contributed by atoms with van der Waals surface area (Å²) in [4.78, 5) is 4.94. The number of nitrogens with two attached hydrogens (primary N) is 1. The lowest BCUT2D eigenvalue weighted by Gasteiger charge is -2.00. The van der Waals surface area contributed by atoms with Crippen molar-refractivity contribution in [2.75, 3.05) is 0 Å². The minimum Gasteiger partial charge on any atom is -0.383 e. The van der Waals surface area contributed by atoms with Crippen molar-refractivity contribution in [2.45, 2.75) is 0 Å². The van der Waals surface area contributed by atoms with E-state index in [1.807, 2.05) is 24.4 Å². The average Bonchev–Trinajstić information content (AvgIpc) is 2.82. The fourth-order valence-electron chi connectivity index (χ4n) is 1.89. The highest BCUT2D eigenvalue weighted by Crippen LogP contribution is 2.29. The predicted molar refractivity (Wildman–Crippen MR) is 76.1 cm³/mol. The van der Waals surface area contributed by atoms with E-state index in [-0.39, 0.29) is 5.84 Å². The van der Waals surface area contributed by atoms with Gasteiger partial charge in [0.2, 0.25) is 0 Å². The van der Waals surface area contributed by atoms with Crippen LogP contribution in [0.25, 0.3) is 21.2 Å². The second-order valence-corrected chi connectivity index (χ2v) is 5.10. The van der Waals surface area contributed by atoms with E-state index in [9.17, 15) is 0 Å². The molecule has 3 N–H and O–H groups in total. The predicted octanol–water partition coefficient (Wildman–Crippen LogP) is 3.25. The summed E-state index contributed by atoms with van der Waals surface area (Å²) in [5.41, 5.74) is 7.73. The average molecular weight is 253 g/mol. The van der Waals surface area contributed by atoms with Gasteiger partial charge in [0.15, 0.2) is 0 Å². The Morgan fingerprint density at radius 3 is 2.78 bits per heavy atom. The van der Waals surface area contributed by atoms with E-state index < -0.39 is 0 Å². The number of hydrogen-bond acceptors (Lipinski definition) is 3. The van der Waals surface area contributed by atoms with Gasteiger partial charge in [0.1, 0.15) is 5.84 Å². The van der Waals surface area contributed by atoms with Crippen LogP contribution in [0, 0.1) is 5.41 Å². The lowest BCUT2D eigenvalue weighted by molar-refractivity contribution is 1.33. The topological polar surface area (TPSA) is 62.8 Å². The standard InChI is InChI=1S/C14H11N3S/c15-14(16)13-7-11-6-9(3-4-12(11)18-13)10-2-1-5-17-8-10/h1-8H,(H3,15,16). The third kappa shape index (κ3) is 1.87. The number of rotatable bonds is 2. The van der Waals surface area contributed by atoms with Crippen molar-refractivity contribution < 1.29 is 0 Å². The Bertz CT molecular complexity index is 716. The van der Waals surface area contributed by atoms with Gasteiger partial charge in [-0.15, -0.1) is 11.3 Å². The summed E-state index contributed by atoms with van der Waals surface area (Å²) in [6, 6.07) is 12.2. The van der Waals surface area contributed by atoms with Crippen LogP contribution in [0.2, 0.25) is 0 Å². The molecule has 0 saturated heterocycles. The van der Waals surface area contributed by atoms with E-state index in [4.69, 9.17) is 11.1 Å². The second kappa shape index (κ2) is 4.23. The molecular formula is C14H11N3S. The van der Waals surface area contributed by atoms with E-state index in [2.05, 4.69) is 23.2 Å². The zero-order valence-electron chi connectivity index (χ0n) is 9.55. The fourth-order valence-corrected chi connectivity index (χ4v) is 2.79. The van der Waals surface area contributed by atoms with E-state index in [0.29, 0.717) is 0 Å². The number of amidine groups is 1. The van der Waals surface area contributed by atoms with Crippen molar-refractivity contribution in [1.82, 2.24) is 4.98 Å². The molecular weight excluding hydrogens is 242 g/mol. The molecule has 0 spiro atoms. The molecule has 1 aromatic carbocycles. The molecule has 0 aliphatic carbocycles. The van der Waals surface area contributed by atoms with Crippen molar-refractivity contribution in [3.8, 4) is 11.1 Å². The van der Waals surface area contributed by atoms with Gasteiger partial charge in [-0.3, -0.25) is 10.4 Å². The van der Waals surface area contributed by atoms with Gasteiger partial charge in [0.25, 0.3) is 0 Å². The minimum atomic E-state index is 0.124. The number of fused-ring (bicyclic) bond motifs is 1. The summed E-state index contributed by atoms with van der Waals surface area (Å²) in [6.07, 6.45) is 3.61. The molecule has 0 atom stereocenters. The fraction of sp³-hybridized carbons (Fsp3) is 0. The zero-order valence-corrected chi connectivity index (χ0v) is 10.4. The number of pyridine rings is 1. The monoisotopic (exact) mass is 253 g/mol. The highest BCUT2D eigenvalue weighted by atomic mass is 32.1. The van der Waals surface area contributed by atoms with Gasteiger partial charge in [0, 0.05) is 22.7 Å². The lowest BCUT2D eigenvalue weighted by atomic mass is 10.1. The summed E-state index contributed by atoms with van der Waals surface area (Å²) in [6.45, 7) is 0. The Balaban J connectivity index is 2.14. The Hall–Kier alpha value is -2.20. The van der Waals surface area contributed by atoms with Crippen molar-refractivity contribution in [3.05, 3.63) is 53.7 Å². The molecule has 0 radical (unpaired) electrons. The van der Waals surface area contributed by atoms with E-state index in [1.165, 1.54) is 0 Å². The van der Waals surface area contributed by atoms with E-state index in [0.717, 1.165) is 26.1 Å². The highest BCUT2D eigenvalue weighted by Gasteiger charge is 2.05. The van der Waals surface area contributed by atoms with Crippen LogP contribution < -0.4 is 5.73 Å². The first-order chi connectivity index (χ1) is 8.74. The maximum Gasteiger partial charge on any atom is 0.133 e. The zero-order chi connectivity index (χ0) is 12.5. The number of benzene rings is 1. The molecule has 2 heterocycles. The molecule has 3 nitrogen and oxygen atoms in total. The van der Waals surface area contributed by atoms with Crippen LogP contribution in [-0.2, 0) is 0 Å². The summed E-state index contributed by atoms with van der Waals surface area (Å²) in [5, 5.41) is 8.58. The molecule has 4 heteroatoms. The molecule has 0 unspecified atom stereocenters. The van der Waals surface area contributed by atoms with Crippen LogP contribution in [0.3, 0.4) is 0 Å². The molecule has 0 bridgehead atoms. The van der Waals surface area contributed by atoms with Crippen LogP contribution in [0.5, 0.6) is 0 Å². The van der Waals surface area contributed by atoms with Crippen molar-refractivity contribution >= 4 is 27.3 Å². The van der Waals surface area contributed by atoms with Gasteiger partial charge in [-0.1, -0.05) is 12.1 Å².